The summed E-state index contributed by atoms with van der Waals surface area (Å²) in [5, 5.41) is 0. The number of hydrogen-bond donors (Lipinski definition) is 1. The summed E-state index contributed by atoms with van der Waals surface area (Å²) in [5.74, 6) is 0. The highest BCUT2D eigenvalue weighted by Crippen LogP contribution is 2.28. The van der Waals surface area contributed by atoms with Crippen molar-refractivity contribution in [3.8, 4) is 0 Å². The number of anilines is 1. The zero-order chi connectivity index (χ0) is 15.8. The van der Waals surface area contributed by atoms with Crippen LogP contribution >= 0.6 is 22.9 Å². The van der Waals surface area contributed by atoms with Gasteiger partial charge in [0.1, 0.15) is 0 Å². The second kappa shape index (κ2) is 5.96. The molecule has 0 aliphatic carbocycles. The summed E-state index contributed by atoms with van der Waals surface area (Å²) in [4.78, 5) is 1.15. The van der Waals surface area contributed by atoms with Gasteiger partial charge in [-0.2, -0.15) is 4.31 Å². The van der Waals surface area contributed by atoms with Crippen LogP contribution < -0.4 is 5.73 Å². The van der Waals surface area contributed by atoms with Gasteiger partial charge in [-0.25, -0.2) is 8.42 Å². The van der Waals surface area contributed by atoms with E-state index in [4.69, 9.17) is 17.3 Å². The lowest BCUT2D eigenvalue weighted by atomic mass is 10.1. The van der Waals surface area contributed by atoms with E-state index < -0.39 is 10.0 Å². The van der Waals surface area contributed by atoms with Crippen LogP contribution in [0.3, 0.4) is 0 Å². The Kier molecular flexibility index (Phi) is 4.63. The number of hydrogen-bond acceptors (Lipinski definition) is 4. The molecule has 0 bridgehead atoms. The average molecular weight is 345 g/mol. The molecular formula is C14H17ClN2O2S2. The maximum atomic E-state index is 12.7. The minimum Gasteiger partial charge on any atom is -0.398 e. The van der Waals surface area contributed by atoms with Crippen molar-refractivity contribution < 1.29 is 8.42 Å². The quantitative estimate of drug-likeness (QED) is 0.864. The molecule has 2 aromatic rings. The minimum atomic E-state index is -3.59. The van der Waals surface area contributed by atoms with Crippen molar-refractivity contribution in [1.29, 1.82) is 0 Å². The van der Waals surface area contributed by atoms with Gasteiger partial charge >= 0.3 is 0 Å². The Morgan fingerprint density at radius 3 is 2.52 bits per heavy atom. The number of aryl methyl sites for hydroxylation is 1. The summed E-state index contributed by atoms with van der Waals surface area (Å²) in [7, 11) is -2.03. The molecule has 0 amide bonds. The predicted octanol–water partition coefficient (Wildman–Crippen LogP) is 3.42. The Balaban J connectivity index is 2.37. The third-order valence-electron chi connectivity index (χ3n) is 3.24. The summed E-state index contributed by atoms with van der Waals surface area (Å²) >= 11 is 7.25. The van der Waals surface area contributed by atoms with Crippen molar-refractivity contribution in [2.24, 2.45) is 0 Å². The number of nitrogens with two attached hydrogens (primary N) is 1. The van der Waals surface area contributed by atoms with Gasteiger partial charge in [-0.1, -0.05) is 11.6 Å². The van der Waals surface area contributed by atoms with Crippen LogP contribution in [0.5, 0.6) is 0 Å². The van der Waals surface area contributed by atoms with E-state index in [2.05, 4.69) is 0 Å². The van der Waals surface area contributed by atoms with Crippen LogP contribution in [0.2, 0.25) is 4.34 Å². The first-order valence-corrected chi connectivity index (χ1v) is 8.92. The molecule has 7 heteroatoms. The van der Waals surface area contributed by atoms with E-state index in [1.807, 2.05) is 13.0 Å². The Labute approximate surface area is 134 Å². The van der Waals surface area contributed by atoms with E-state index in [1.165, 1.54) is 15.6 Å². The van der Waals surface area contributed by atoms with Crippen LogP contribution in [0.4, 0.5) is 5.69 Å². The van der Waals surface area contributed by atoms with Gasteiger partial charge < -0.3 is 5.73 Å². The van der Waals surface area contributed by atoms with E-state index in [0.29, 0.717) is 15.6 Å². The first-order chi connectivity index (χ1) is 9.71. The lowest BCUT2D eigenvalue weighted by Crippen LogP contribution is -2.27. The van der Waals surface area contributed by atoms with Crippen molar-refractivity contribution in [3.05, 3.63) is 44.6 Å². The fourth-order valence-electron chi connectivity index (χ4n) is 2.03. The Morgan fingerprint density at radius 1 is 1.29 bits per heavy atom. The first-order valence-electron chi connectivity index (χ1n) is 6.29. The SMILES string of the molecule is Cc1cc(N)c(C)c(S(=O)(=O)N(C)Cc2ccc(Cl)s2)c1. The number of thiophene rings is 1. The van der Waals surface area contributed by atoms with E-state index in [-0.39, 0.29) is 11.4 Å². The molecule has 0 atom stereocenters. The molecule has 1 heterocycles. The van der Waals surface area contributed by atoms with Crippen LogP contribution in [0.1, 0.15) is 16.0 Å². The van der Waals surface area contributed by atoms with E-state index >= 15 is 0 Å². The van der Waals surface area contributed by atoms with Gasteiger partial charge in [-0.15, -0.1) is 11.3 Å². The molecule has 2 rings (SSSR count). The van der Waals surface area contributed by atoms with Crippen LogP contribution in [0, 0.1) is 13.8 Å². The molecule has 0 unspecified atom stereocenters. The Morgan fingerprint density at radius 2 is 1.95 bits per heavy atom. The van der Waals surface area contributed by atoms with Gasteiger partial charge in [0, 0.05) is 24.2 Å². The lowest BCUT2D eigenvalue weighted by molar-refractivity contribution is 0.469. The molecule has 1 aromatic carbocycles. The van der Waals surface area contributed by atoms with Gasteiger partial charge in [0.25, 0.3) is 0 Å². The first kappa shape index (κ1) is 16.3. The monoisotopic (exact) mass is 344 g/mol. The molecule has 0 saturated heterocycles. The van der Waals surface area contributed by atoms with E-state index in [9.17, 15) is 8.42 Å². The molecule has 0 radical (unpaired) electrons. The highest BCUT2D eigenvalue weighted by Gasteiger charge is 2.24. The van der Waals surface area contributed by atoms with Crippen LogP contribution in [-0.2, 0) is 16.6 Å². The van der Waals surface area contributed by atoms with Gasteiger partial charge in [0.2, 0.25) is 10.0 Å². The van der Waals surface area contributed by atoms with Crippen LogP contribution in [0.25, 0.3) is 0 Å². The van der Waals surface area contributed by atoms with Crippen molar-refractivity contribution >= 4 is 38.6 Å². The average Bonchev–Trinajstić information content (AvgIpc) is 2.79. The summed E-state index contributed by atoms with van der Waals surface area (Å²) < 4.78 is 27.4. The number of nitrogen functional groups attached to an aromatic ring is 1. The van der Waals surface area contributed by atoms with Gasteiger partial charge in [-0.05, 0) is 49.2 Å². The molecule has 0 fully saturated rings. The highest BCUT2D eigenvalue weighted by molar-refractivity contribution is 7.89. The number of rotatable bonds is 4. The molecule has 2 N–H and O–H groups in total. The Hall–Kier alpha value is -1.08. The minimum absolute atomic E-state index is 0.255. The summed E-state index contributed by atoms with van der Waals surface area (Å²) in [5.41, 5.74) is 7.77. The molecule has 0 aliphatic rings. The van der Waals surface area contributed by atoms with Crippen molar-refractivity contribution in [2.75, 3.05) is 12.8 Å². The van der Waals surface area contributed by atoms with Crippen molar-refractivity contribution in [3.63, 3.8) is 0 Å². The van der Waals surface area contributed by atoms with Gasteiger partial charge in [0.15, 0.2) is 0 Å². The van der Waals surface area contributed by atoms with Crippen molar-refractivity contribution in [1.82, 2.24) is 4.31 Å². The number of nitrogens with zero attached hydrogens (tertiary/aromatic N) is 1. The van der Waals surface area contributed by atoms with E-state index in [1.54, 1.807) is 32.2 Å². The third kappa shape index (κ3) is 3.40. The normalized spacial score (nSPS) is 12.0. The zero-order valence-corrected chi connectivity index (χ0v) is 14.4. The fourth-order valence-corrected chi connectivity index (χ4v) is 4.74. The molecule has 0 aliphatic heterocycles. The van der Waals surface area contributed by atoms with Crippen LogP contribution in [-0.4, -0.2) is 19.8 Å². The second-order valence-electron chi connectivity index (χ2n) is 4.94. The topological polar surface area (TPSA) is 63.4 Å². The number of benzene rings is 1. The standard InChI is InChI=1S/C14H17ClN2O2S2/c1-9-6-12(16)10(2)13(7-9)21(18,19)17(3)8-11-4-5-14(15)20-11/h4-7H,8,16H2,1-3H3. The Bertz CT molecular complexity index is 769. The smallest absolute Gasteiger partial charge is 0.243 e. The number of halogens is 1. The molecule has 0 saturated carbocycles. The predicted molar refractivity (Wildman–Crippen MR) is 88.3 cm³/mol. The van der Waals surface area contributed by atoms with E-state index in [0.717, 1.165) is 10.4 Å². The molecule has 0 spiro atoms. The second-order valence-corrected chi connectivity index (χ2v) is 8.76. The summed E-state index contributed by atoms with van der Waals surface area (Å²) in [6, 6.07) is 7.01. The maximum Gasteiger partial charge on any atom is 0.243 e. The third-order valence-corrected chi connectivity index (χ3v) is 6.39. The molecule has 4 nitrogen and oxygen atoms in total. The molecule has 114 valence electrons. The van der Waals surface area contributed by atoms with Crippen molar-refractivity contribution in [2.45, 2.75) is 25.3 Å². The number of sulfonamides is 1. The molecule has 21 heavy (non-hydrogen) atoms. The van der Waals surface area contributed by atoms with Gasteiger partial charge in [0.05, 0.1) is 9.23 Å². The molecular weight excluding hydrogens is 328 g/mol. The highest BCUT2D eigenvalue weighted by atomic mass is 35.5. The summed E-state index contributed by atoms with van der Waals surface area (Å²) in [6.07, 6.45) is 0. The van der Waals surface area contributed by atoms with Gasteiger partial charge in [-0.3, -0.25) is 0 Å². The maximum absolute atomic E-state index is 12.7. The van der Waals surface area contributed by atoms with Crippen LogP contribution in [0.15, 0.2) is 29.2 Å². The largest absolute Gasteiger partial charge is 0.398 e. The summed E-state index contributed by atoms with van der Waals surface area (Å²) in [6.45, 7) is 3.83. The molecule has 1 aromatic heterocycles. The fraction of sp³-hybridized carbons (Fsp3) is 0.286. The lowest BCUT2D eigenvalue weighted by Gasteiger charge is -2.19. The zero-order valence-electron chi connectivity index (χ0n) is 12.1.